The lowest BCUT2D eigenvalue weighted by atomic mass is 9.78. The lowest BCUT2D eigenvalue weighted by molar-refractivity contribution is -0.140. The molecule has 4 heteroatoms. The molecule has 5 aliphatic rings. The van der Waals surface area contributed by atoms with Crippen LogP contribution in [0.1, 0.15) is 40.0 Å². The molecule has 0 radical (unpaired) electrons. The Kier molecular flexibility index (Phi) is 1.51. The van der Waals surface area contributed by atoms with Crippen LogP contribution in [0.25, 0.3) is 0 Å². The summed E-state index contributed by atoms with van der Waals surface area (Å²) in [5.74, 6) is 0.233. The van der Waals surface area contributed by atoms with E-state index in [1.54, 1.807) is 0 Å². The average Bonchev–Trinajstić information content (AvgIpc) is 3.16. The fourth-order valence-corrected chi connectivity index (χ4v) is 5.22. The number of carbonyl (C=O) groups excluding carboxylic acids is 1. The first-order chi connectivity index (χ1) is 8.93. The summed E-state index contributed by atoms with van der Waals surface area (Å²) in [7, 11) is 0. The molecular weight excluding hydrogens is 244 g/mol. The van der Waals surface area contributed by atoms with Crippen molar-refractivity contribution in [2.45, 2.75) is 69.0 Å². The molecule has 3 aliphatic heterocycles. The van der Waals surface area contributed by atoms with Crippen LogP contribution in [0.15, 0.2) is 11.1 Å². The van der Waals surface area contributed by atoms with Gasteiger partial charge in [0.15, 0.2) is 0 Å². The lowest BCUT2D eigenvalue weighted by Crippen LogP contribution is -2.40. The minimum Gasteiger partial charge on any atom is -0.454 e. The van der Waals surface area contributed by atoms with E-state index in [2.05, 4.69) is 13.8 Å². The highest BCUT2D eigenvalue weighted by Gasteiger charge is 2.93. The van der Waals surface area contributed by atoms with Crippen LogP contribution in [0.5, 0.6) is 0 Å². The summed E-state index contributed by atoms with van der Waals surface area (Å²) in [5.41, 5.74) is 1.62. The van der Waals surface area contributed by atoms with Crippen LogP contribution in [0.4, 0.5) is 0 Å². The Bertz CT molecular complexity index is 566. The molecule has 102 valence electrons. The predicted molar refractivity (Wildman–Crippen MR) is 65.4 cm³/mol. The monoisotopic (exact) mass is 262 g/mol. The van der Waals surface area contributed by atoms with Crippen LogP contribution < -0.4 is 0 Å². The molecule has 0 aromatic heterocycles. The maximum absolute atomic E-state index is 11.8. The number of ether oxygens (including phenoxy) is 3. The van der Waals surface area contributed by atoms with Crippen molar-refractivity contribution in [2.75, 3.05) is 0 Å². The maximum atomic E-state index is 11.8. The predicted octanol–water partition coefficient (Wildman–Crippen LogP) is 1.73. The Labute approximate surface area is 112 Å². The molecule has 19 heavy (non-hydrogen) atoms. The molecule has 5 rings (SSSR count). The highest BCUT2D eigenvalue weighted by atomic mass is 16.7. The largest absolute Gasteiger partial charge is 0.454 e. The number of fused-ring (bicyclic) bond motifs is 1. The van der Waals surface area contributed by atoms with Crippen molar-refractivity contribution >= 4 is 5.97 Å². The van der Waals surface area contributed by atoms with Gasteiger partial charge in [0.25, 0.3) is 0 Å². The molecule has 2 aliphatic carbocycles. The van der Waals surface area contributed by atoms with Gasteiger partial charge in [0, 0.05) is 18.4 Å². The second kappa shape index (κ2) is 2.63. The van der Waals surface area contributed by atoms with Crippen molar-refractivity contribution in [2.24, 2.45) is 5.92 Å². The minimum absolute atomic E-state index is 0.0437. The summed E-state index contributed by atoms with van der Waals surface area (Å²) in [6, 6.07) is 0. The molecule has 6 atom stereocenters. The Morgan fingerprint density at radius 1 is 1.37 bits per heavy atom. The van der Waals surface area contributed by atoms with E-state index in [1.807, 2.05) is 6.92 Å². The van der Waals surface area contributed by atoms with Crippen LogP contribution in [-0.2, 0) is 19.0 Å². The van der Waals surface area contributed by atoms with Crippen molar-refractivity contribution in [3.8, 4) is 0 Å². The van der Waals surface area contributed by atoms with Crippen LogP contribution in [0.2, 0.25) is 0 Å². The Hall–Kier alpha value is -0.870. The lowest BCUT2D eigenvalue weighted by Gasteiger charge is -2.23. The molecule has 3 heterocycles. The third-order valence-electron chi connectivity index (χ3n) is 6.34. The van der Waals surface area contributed by atoms with Gasteiger partial charge in [0.2, 0.25) is 0 Å². The number of epoxide rings is 2. The van der Waals surface area contributed by atoms with Gasteiger partial charge >= 0.3 is 5.97 Å². The van der Waals surface area contributed by atoms with Gasteiger partial charge in [-0.15, -0.1) is 0 Å². The quantitative estimate of drug-likeness (QED) is 0.493. The summed E-state index contributed by atoms with van der Waals surface area (Å²) in [6.45, 7) is 6.31. The molecule has 0 aromatic carbocycles. The summed E-state index contributed by atoms with van der Waals surface area (Å²) in [6.07, 6.45) is 3.00. The normalized spacial score (nSPS) is 60.8. The van der Waals surface area contributed by atoms with E-state index in [-0.39, 0.29) is 28.9 Å². The van der Waals surface area contributed by atoms with Crippen molar-refractivity contribution in [3.05, 3.63) is 11.1 Å². The van der Waals surface area contributed by atoms with Gasteiger partial charge < -0.3 is 14.2 Å². The zero-order valence-corrected chi connectivity index (χ0v) is 11.5. The second-order valence-corrected chi connectivity index (χ2v) is 7.12. The summed E-state index contributed by atoms with van der Waals surface area (Å²) in [4.78, 5) is 11.8. The molecule has 0 N–H and O–H groups in total. The third kappa shape index (κ3) is 0.897. The smallest absolute Gasteiger partial charge is 0.334 e. The topological polar surface area (TPSA) is 51.4 Å². The number of rotatable bonds is 0. The van der Waals surface area contributed by atoms with E-state index >= 15 is 0 Å². The van der Waals surface area contributed by atoms with Gasteiger partial charge in [0.05, 0.1) is 6.10 Å². The second-order valence-electron chi connectivity index (χ2n) is 7.12. The van der Waals surface area contributed by atoms with Crippen molar-refractivity contribution in [3.63, 3.8) is 0 Å². The molecular formula is C15H18O4. The number of carbonyl (C=O) groups is 1. The van der Waals surface area contributed by atoms with Gasteiger partial charge in [-0.05, 0) is 31.8 Å². The van der Waals surface area contributed by atoms with Gasteiger partial charge in [0.1, 0.15) is 22.9 Å². The van der Waals surface area contributed by atoms with E-state index in [1.165, 1.54) is 0 Å². The zero-order valence-electron chi connectivity index (χ0n) is 11.5. The molecule has 2 saturated carbocycles. The van der Waals surface area contributed by atoms with Crippen LogP contribution in [0, 0.1) is 5.92 Å². The Morgan fingerprint density at radius 2 is 2.16 bits per heavy atom. The van der Waals surface area contributed by atoms with Crippen molar-refractivity contribution in [1.29, 1.82) is 0 Å². The fraction of sp³-hybridized carbons (Fsp3) is 0.800. The molecule has 2 saturated heterocycles. The molecule has 4 nitrogen and oxygen atoms in total. The summed E-state index contributed by atoms with van der Waals surface area (Å²) >= 11 is 0. The maximum Gasteiger partial charge on any atom is 0.334 e. The van der Waals surface area contributed by atoms with Gasteiger partial charge in [-0.3, -0.25) is 0 Å². The van der Waals surface area contributed by atoms with E-state index < -0.39 is 0 Å². The van der Waals surface area contributed by atoms with Crippen molar-refractivity contribution in [1.82, 2.24) is 0 Å². The first kappa shape index (κ1) is 10.9. The fourth-order valence-electron chi connectivity index (χ4n) is 5.22. The highest BCUT2D eigenvalue weighted by molar-refractivity contribution is 5.91. The van der Waals surface area contributed by atoms with E-state index in [0.29, 0.717) is 12.0 Å². The number of hydrogen-bond donors (Lipinski definition) is 0. The summed E-state index contributed by atoms with van der Waals surface area (Å²) in [5, 5.41) is 0. The number of esters is 1. The zero-order chi connectivity index (χ0) is 13.2. The Morgan fingerprint density at radius 3 is 2.95 bits per heavy atom. The van der Waals surface area contributed by atoms with Gasteiger partial charge in [-0.25, -0.2) is 4.79 Å². The molecule has 0 amide bonds. The Balaban J connectivity index is 1.67. The van der Waals surface area contributed by atoms with Crippen molar-refractivity contribution < 1.29 is 19.0 Å². The SMILES string of the molecule is CC1=C2C[C@@]34O[C@]3(C)C[C@@H]3O[C@@]34[C@H](C)C[C@@H]2OC1=O. The van der Waals surface area contributed by atoms with Crippen LogP contribution in [0.3, 0.4) is 0 Å². The summed E-state index contributed by atoms with van der Waals surface area (Å²) < 4.78 is 17.8. The van der Waals surface area contributed by atoms with Gasteiger partial charge in [-0.2, -0.15) is 0 Å². The first-order valence-electron chi connectivity index (χ1n) is 7.22. The first-order valence-corrected chi connectivity index (χ1v) is 7.22. The standard InChI is InChI=1S/C15H18O4/c1-7-4-10-9(8(2)12(16)17-10)5-14-13(3,19-14)6-11-15(7,14)18-11/h7,10-11H,4-6H2,1-3H3/t7-,10+,11+,13-,14-,15+/m1/s1. The highest BCUT2D eigenvalue weighted by Crippen LogP contribution is 2.78. The molecule has 4 fully saturated rings. The average molecular weight is 262 g/mol. The van der Waals surface area contributed by atoms with Crippen LogP contribution in [-0.4, -0.2) is 35.0 Å². The van der Waals surface area contributed by atoms with E-state index in [4.69, 9.17) is 14.2 Å². The molecule has 0 aromatic rings. The molecule has 2 spiro atoms. The van der Waals surface area contributed by atoms with E-state index in [9.17, 15) is 4.79 Å². The van der Waals surface area contributed by atoms with Crippen LogP contribution >= 0.6 is 0 Å². The van der Waals surface area contributed by atoms with Gasteiger partial charge in [-0.1, -0.05) is 6.92 Å². The van der Waals surface area contributed by atoms with E-state index in [0.717, 1.165) is 30.4 Å². The third-order valence-corrected chi connectivity index (χ3v) is 6.34. The number of hydrogen-bond acceptors (Lipinski definition) is 4. The molecule has 0 bridgehead atoms. The minimum atomic E-state index is -0.191. The molecule has 0 unspecified atom stereocenters.